The van der Waals surface area contributed by atoms with E-state index >= 15 is 0 Å². The highest BCUT2D eigenvalue weighted by Crippen LogP contribution is 2.12. The molecule has 0 aliphatic carbocycles. The molecule has 1 aromatic carbocycles. The van der Waals surface area contributed by atoms with E-state index in [-0.39, 0.29) is 25.0 Å². The van der Waals surface area contributed by atoms with E-state index in [4.69, 9.17) is 9.15 Å². The van der Waals surface area contributed by atoms with Crippen molar-refractivity contribution in [1.29, 1.82) is 0 Å². The molecule has 0 aliphatic rings. The van der Waals surface area contributed by atoms with E-state index in [1.807, 2.05) is 49.1 Å². The first kappa shape index (κ1) is 22.7. The minimum Gasteiger partial charge on any atom is -0.465 e. The summed E-state index contributed by atoms with van der Waals surface area (Å²) < 4.78 is 10.7. The van der Waals surface area contributed by atoms with Crippen molar-refractivity contribution in [2.75, 3.05) is 32.8 Å². The molecule has 0 radical (unpaired) electrons. The smallest absolute Gasteiger partial charge is 0.320 e. The zero-order chi connectivity index (χ0) is 21.1. The van der Waals surface area contributed by atoms with Gasteiger partial charge in [0.15, 0.2) is 0 Å². The molecule has 0 spiro atoms. The standard InChI is InChI=1S/C23H32N2O4/c1-4-14-24(18-23(27)28-5-2)17-22(26)25(16-21-12-11-19(3)29-21)15-13-20-9-7-6-8-10-20/h6-12H,4-5,13-18H2,1-3H3. The number of ether oxygens (including phenoxy) is 1. The lowest BCUT2D eigenvalue weighted by molar-refractivity contribution is -0.145. The van der Waals surface area contributed by atoms with E-state index in [9.17, 15) is 9.59 Å². The van der Waals surface area contributed by atoms with E-state index in [1.54, 1.807) is 11.8 Å². The summed E-state index contributed by atoms with van der Waals surface area (Å²) in [5.41, 5.74) is 1.18. The predicted molar refractivity (Wildman–Crippen MR) is 112 cm³/mol. The van der Waals surface area contributed by atoms with Crippen molar-refractivity contribution in [1.82, 2.24) is 9.80 Å². The third-order valence-corrected chi connectivity index (χ3v) is 4.57. The topological polar surface area (TPSA) is 63.0 Å². The number of furan rings is 1. The average molecular weight is 401 g/mol. The van der Waals surface area contributed by atoms with E-state index in [0.717, 1.165) is 24.4 Å². The highest BCUT2D eigenvalue weighted by Gasteiger charge is 2.20. The molecule has 0 bridgehead atoms. The molecule has 0 fully saturated rings. The Morgan fingerprint density at radius 1 is 1.00 bits per heavy atom. The highest BCUT2D eigenvalue weighted by molar-refractivity contribution is 5.79. The minimum atomic E-state index is -0.300. The van der Waals surface area contributed by atoms with Crippen molar-refractivity contribution >= 4 is 11.9 Å². The van der Waals surface area contributed by atoms with Gasteiger partial charge in [-0.15, -0.1) is 0 Å². The van der Waals surface area contributed by atoms with Gasteiger partial charge in [-0.25, -0.2) is 0 Å². The molecule has 6 heteroatoms. The maximum Gasteiger partial charge on any atom is 0.320 e. The molecule has 2 rings (SSSR count). The van der Waals surface area contributed by atoms with E-state index in [2.05, 4.69) is 12.1 Å². The van der Waals surface area contributed by atoms with Crippen molar-refractivity contribution in [3.8, 4) is 0 Å². The molecule has 158 valence electrons. The third-order valence-electron chi connectivity index (χ3n) is 4.57. The fourth-order valence-electron chi connectivity index (χ4n) is 3.17. The number of carbonyl (C=O) groups excluding carboxylic acids is 2. The van der Waals surface area contributed by atoms with Crippen LogP contribution in [0.5, 0.6) is 0 Å². The summed E-state index contributed by atoms with van der Waals surface area (Å²) >= 11 is 0. The Kier molecular flexibility index (Phi) is 9.44. The van der Waals surface area contributed by atoms with Gasteiger partial charge in [0.05, 0.1) is 26.2 Å². The van der Waals surface area contributed by atoms with Crippen molar-refractivity contribution in [3.05, 3.63) is 59.5 Å². The predicted octanol–water partition coefficient (Wildman–Crippen LogP) is 3.43. The Hall–Kier alpha value is -2.60. The Morgan fingerprint density at radius 2 is 1.76 bits per heavy atom. The third kappa shape index (κ3) is 8.11. The van der Waals surface area contributed by atoms with E-state index in [0.29, 0.717) is 26.2 Å². The molecular weight excluding hydrogens is 368 g/mol. The first-order chi connectivity index (χ1) is 14.0. The fourth-order valence-corrected chi connectivity index (χ4v) is 3.17. The molecule has 6 nitrogen and oxygen atoms in total. The van der Waals surface area contributed by atoms with E-state index in [1.165, 1.54) is 5.56 Å². The number of carbonyl (C=O) groups is 2. The molecule has 1 heterocycles. The molecular formula is C23H32N2O4. The van der Waals surface area contributed by atoms with Gasteiger partial charge in [0.25, 0.3) is 0 Å². The van der Waals surface area contributed by atoms with Crippen LogP contribution >= 0.6 is 0 Å². The van der Waals surface area contributed by atoms with Crippen LogP contribution in [0.4, 0.5) is 0 Å². The number of hydrogen-bond donors (Lipinski definition) is 0. The maximum absolute atomic E-state index is 13.1. The van der Waals surface area contributed by atoms with Gasteiger partial charge in [-0.1, -0.05) is 37.3 Å². The fraction of sp³-hybridized carbons (Fsp3) is 0.478. The molecule has 0 saturated carbocycles. The Bertz CT molecular complexity index is 757. The largest absolute Gasteiger partial charge is 0.465 e. The number of rotatable bonds is 12. The highest BCUT2D eigenvalue weighted by atomic mass is 16.5. The summed E-state index contributed by atoms with van der Waals surface area (Å²) in [7, 11) is 0. The molecule has 0 unspecified atom stereocenters. The Labute approximate surface area is 173 Å². The molecule has 0 aliphatic heterocycles. The average Bonchev–Trinajstić information content (AvgIpc) is 3.11. The van der Waals surface area contributed by atoms with Crippen molar-refractivity contribution in [2.45, 2.75) is 40.2 Å². The van der Waals surface area contributed by atoms with Gasteiger partial charge in [0.2, 0.25) is 5.91 Å². The van der Waals surface area contributed by atoms with Crippen molar-refractivity contribution < 1.29 is 18.7 Å². The Balaban J connectivity index is 2.05. The molecule has 0 N–H and O–H groups in total. The second kappa shape index (κ2) is 12.1. The number of benzene rings is 1. The van der Waals surface area contributed by atoms with Crippen molar-refractivity contribution in [3.63, 3.8) is 0 Å². The molecule has 0 atom stereocenters. The lowest BCUT2D eigenvalue weighted by atomic mass is 10.1. The summed E-state index contributed by atoms with van der Waals surface area (Å²) in [6.07, 6.45) is 1.62. The normalized spacial score (nSPS) is 10.9. The van der Waals surface area contributed by atoms with Gasteiger partial charge in [-0.2, -0.15) is 0 Å². The molecule has 1 amide bonds. The number of nitrogens with zero attached hydrogens (tertiary/aromatic N) is 2. The van der Waals surface area contributed by atoms with Crippen LogP contribution in [0.1, 0.15) is 37.4 Å². The maximum atomic E-state index is 13.1. The first-order valence-electron chi connectivity index (χ1n) is 10.3. The van der Waals surface area contributed by atoms with Gasteiger partial charge in [-0.3, -0.25) is 14.5 Å². The summed E-state index contributed by atoms with van der Waals surface area (Å²) in [5, 5.41) is 0. The lowest BCUT2D eigenvalue weighted by Crippen LogP contribution is -2.43. The van der Waals surface area contributed by atoms with Crippen LogP contribution in [-0.2, 0) is 27.3 Å². The molecule has 2 aromatic rings. The van der Waals surface area contributed by atoms with Crippen molar-refractivity contribution in [2.24, 2.45) is 0 Å². The number of amides is 1. The monoisotopic (exact) mass is 400 g/mol. The van der Waals surface area contributed by atoms with Crippen LogP contribution in [0, 0.1) is 6.92 Å². The van der Waals surface area contributed by atoms with Gasteiger partial charge in [0, 0.05) is 6.54 Å². The zero-order valence-electron chi connectivity index (χ0n) is 17.7. The zero-order valence-corrected chi connectivity index (χ0v) is 17.7. The van der Waals surface area contributed by atoms with Crippen LogP contribution < -0.4 is 0 Å². The van der Waals surface area contributed by atoms with Crippen LogP contribution in [-0.4, -0.2) is 54.5 Å². The number of aryl methyl sites for hydroxylation is 1. The summed E-state index contributed by atoms with van der Waals surface area (Å²) in [6.45, 7) is 8.01. The quantitative estimate of drug-likeness (QED) is 0.511. The summed E-state index contributed by atoms with van der Waals surface area (Å²) in [4.78, 5) is 28.6. The van der Waals surface area contributed by atoms with Gasteiger partial charge in [-0.05, 0) is 50.9 Å². The summed E-state index contributed by atoms with van der Waals surface area (Å²) in [6, 6.07) is 13.9. The minimum absolute atomic E-state index is 0.0206. The second-order valence-corrected chi connectivity index (χ2v) is 7.08. The van der Waals surface area contributed by atoms with Gasteiger partial charge >= 0.3 is 5.97 Å². The number of esters is 1. The second-order valence-electron chi connectivity index (χ2n) is 7.08. The van der Waals surface area contributed by atoms with Crippen LogP contribution in [0.2, 0.25) is 0 Å². The molecule has 1 aromatic heterocycles. The van der Waals surface area contributed by atoms with Crippen LogP contribution in [0.25, 0.3) is 0 Å². The SMILES string of the molecule is CCCN(CC(=O)OCC)CC(=O)N(CCc1ccccc1)Cc1ccc(C)o1. The molecule has 29 heavy (non-hydrogen) atoms. The Morgan fingerprint density at radius 3 is 2.38 bits per heavy atom. The van der Waals surface area contributed by atoms with Gasteiger partial charge in [0.1, 0.15) is 11.5 Å². The van der Waals surface area contributed by atoms with Crippen LogP contribution in [0.3, 0.4) is 0 Å². The van der Waals surface area contributed by atoms with E-state index < -0.39 is 0 Å². The molecule has 0 saturated heterocycles. The lowest BCUT2D eigenvalue weighted by Gasteiger charge is -2.26. The van der Waals surface area contributed by atoms with Crippen LogP contribution in [0.15, 0.2) is 46.9 Å². The van der Waals surface area contributed by atoms with Gasteiger partial charge < -0.3 is 14.1 Å². The summed E-state index contributed by atoms with van der Waals surface area (Å²) in [5.74, 6) is 1.26. The number of hydrogen-bond acceptors (Lipinski definition) is 5. The first-order valence-corrected chi connectivity index (χ1v) is 10.3.